The molecule has 0 fully saturated rings. The zero-order valence-electron chi connectivity index (χ0n) is 8.72. The maximum Gasteiger partial charge on any atom is 0.321 e. The molecule has 1 amide bonds. The Labute approximate surface area is 105 Å². The molecule has 0 aromatic carbocycles. The van der Waals surface area contributed by atoms with Crippen molar-refractivity contribution in [1.29, 1.82) is 0 Å². The number of carbonyl (C=O) groups is 2. The quantitative estimate of drug-likeness (QED) is 0.221. The van der Waals surface area contributed by atoms with Crippen molar-refractivity contribution < 1.29 is 14.7 Å². The zero-order valence-corrected chi connectivity index (χ0v) is 10.5. The lowest BCUT2D eigenvalue weighted by atomic mass is 10.3. The Hall–Kier alpha value is -0.440. The van der Waals surface area contributed by atoms with E-state index in [1.165, 1.54) is 0 Å². The Bertz CT molecular complexity index is 217. The van der Waals surface area contributed by atoms with E-state index in [1.54, 1.807) is 0 Å². The van der Waals surface area contributed by atoms with Gasteiger partial charge in [0.05, 0.1) is 6.04 Å². The first-order valence-electron chi connectivity index (χ1n) is 4.73. The smallest absolute Gasteiger partial charge is 0.321 e. The Morgan fingerprint density at radius 1 is 1.12 bits per heavy atom. The first-order chi connectivity index (χ1) is 7.52. The standard InChI is InChI=1S/C8H17N3O3S2/c9-7(12)5(3-15)10-1-2-11-6(4-16)8(13)14/h5-6,10-11,15-16H,1-4H2,(H2,9,12)(H,13,14)/t5-,6?/m0/s1. The average Bonchev–Trinajstić information content (AvgIpc) is 2.22. The SMILES string of the molecule is NC(=O)[C@H](CS)NCCNC(CS)C(=O)O. The van der Waals surface area contributed by atoms with Gasteiger partial charge in [-0.3, -0.25) is 9.59 Å². The Morgan fingerprint density at radius 3 is 1.88 bits per heavy atom. The number of aliphatic carboxylic acids is 1. The fraction of sp³-hybridized carbons (Fsp3) is 0.750. The molecule has 0 aliphatic carbocycles. The number of carbonyl (C=O) groups excluding carboxylic acids is 1. The summed E-state index contributed by atoms with van der Waals surface area (Å²) in [5.74, 6) is -0.902. The van der Waals surface area contributed by atoms with Crippen LogP contribution in [0.3, 0.4) is 0 Å². The van der Waals surface area contributed by atoms with Crippen LogP contribution in [-0.2, 0) is 9.59 Å². The lowest BCUT2D eigenvalue weighted by molar-refractivity contribution is -0.138. The second-order valence-corrected chi connectivity index (χ2v) is 3.85. The van der Waals surface area contributed by atoms with Crippen molar-refractivity contribution in [2.45, 2.75) is 12.1 Å². The van der Waals surface area contributed by atoms with Gasteiger partial charge in [0, 0.05) is 24.6 Å². The maximum absolute atomic E-state index is 10.8. The zero-order chi connectivity index (χ0) is 12.6. The summed E-state index contributed by atoms with van der Waals surface area (Å²) in [5, 5.41) is 14.3. The summed E-state index contributed by atoms with van der Waals surface area (Å²) in [6.45, 7) is 0.848. The monoisotopic (exact) mass is 267 g/mol. The number of hydrogen-bond acceptors (Lipinski definition) is 6. The third kappa shape index (κ3) is 6.21. The van der Waals surface area contributed by atoms with Crippen LogP contribution in [0.4, 0.5) is 0 Å². The molecule has 8 heteroatoms. The molecular formula is C8H17N3O3S2. The van der Waals surface area contributed by atoms with Gasteiger partial charge in [-0.2, -0.15) is 25.3 Å². The lowest BCUT2D eigenvalue weighted by Gasteiger charge is -2.15. The number of rotatable bonds is 9. The van der Waals surface area contributed by atoms with Crippen molar-refractivity contribution in [1.82, 2.24) is 10.6 Å². The van der Waals surface area contributed by atoms with Gasteiger partial charge in [-0.25, -0.2) is 0 Å². The summed E-state index contributed by atoms with van der Waals surface area (Å²) in [5.41, 5.74) is 5.09. The summed E-state index contributed by atoms with van der Waals surface area (Å²) in [6, 6.07) is -1.18. The summed E-state index contributed by atoms with van der Waals surface area (Å²) >= 11 is 7.86. The van der Waals surface area contributed by atoms with Gasteiger partial charge in [0.25, 0.3) is 0 Å². The van der Waals surface area contributed by atoms with Gasteiger partial charge >= 0.3 is 5.97 Å². The highest BCUT2D eigenvalue weighted by molar-refractivity contribution is 7.80. The lowest BCUT2D eigenvalue weighted by Crippen LogP contribution is -2.47. The van der Waals surface area contributed by atoms with E-state index in [0.717, 1.165) is 0 Å². The van der Waals surface area contributed by atoms with Gasteiger partial charge in [0.2, 0.25) is 5.91 Å². The van der Waals surface area contributed by atoms with Crippen LogP contribution in [0.1, 0.15) is 0 Å². The summed E-state index contributed by atoms with van der Waals surface area (Å²) in [6.07, 6.45) is 0. The number of carboxylic acids is 1. The first-order valence-corrected chi connectivity index (χ1v) is 6.00. The number of nitrogens with one attached hydrogen (secondary N) is 2. The Morgan fingerprint density at radius 2 is 1.56 bits per heavy atom. The van der Waals surface area contributed by atoms with Gasteiger partial charge in [-0.1, -0.05) is 0 Å². The van der Waals surface area contributed by atoms with E-state index >= 15 is 0 Å². The molecule has 94 valence electrons. The van der Waals surface area contributed by atoms with Gasteiger partial charge in [0.15, 0.2) is 0 Å². The second kappa shape index (κ2) is 8.68. The molecule has 0 aliphatic rings. The largest absolute Gasteiger partial charge is 0.480 e. The minimum Gasteiger partial charge on any atom is -0.480 e. The van der Waals surface area contributed by atoms with E-state index in [9.17, 15) is 9.59 Å². The second-order valence-electron chi connectivity index (χ2n) is 3.12. The number of primary amides is 1. The van der Waals surface area contributed by atoms with Crippen LogP contribution in [0.2, 0.25) is 0 Å². The predicted octanol–water partition coefficient (Wildman–Crippen LogP) is -1.67. The summed E-state index contributed by atoms with van der Waals surface area (Å²) in [4.78, 5) is 21.4. The number of thiol groups is 2. The van der Waals surface area contributed by atoms with Crippen molar-refractivity contribution in [3.8, 4) is 0 Å². The normalized spacial score (nSPS) is 14.4. The van der Waals surface area contributed by atoms with Gasteiger partial charge in [0.1, 0.15) is 6.04 Å². The summed E-state index contributed by atoms with van der Waals surface area (Å²) < 4.78 is 0. The van der Waals surface area contributed by atoms with Crippen molar-refractivity contribution in [3.63, 3.8) is 0 Å². The number of carboxylic acid groups (broad SMARTS) is 1. The molecule has 0 saturated heterocycles. The van der Waals surface area contributed by atoms with E-state index in [4.69, 9.17) is 10.8 Å². The molecule has 0 aromatic heterocycles. The van der Waals surface area contributed by atoms with E-state index in [1.807, 2.05) is 0 Å². The van der Waals surface area contributed by atoms with Crippen LogP contribution in [-0.4, -0.2) is 53.7 Å². The molecule has 0 radical (unpaired) electrons. The van der Waals surface area contributed by atoms with Crippen molar-refractivity contribution in [3.05, 3.63) is 0 Å². The third-order valence-electron chi connectivity index (χ3n) is 1.91. The number of hydrogen-bond donors (Lipinski definition) is 6. The molecule has 5 N–H and O–H groups in total. The van der Waals surface area contributed by atoms with E-state index in [0.29, 0.717) is 18.8 Å². The molecule has 6 nitrogen and oxygen atoms in total. The number of amides is 1. The van der Waals surface area contributed by atoms with Crippen LogP contribution in [0.15, 0.2) is 0 Å². The molecule has 0 rings (SSSR count). The van der Waals surface area contributed by atoms with Crippen LogP contribution in [0, 0.1) is 0 Å². The molecule has 0 bridgehead atoms. The van der Waals surface area contributed by atoms with E-state index < -0.39 is 24.0 Å². The van der Waals surface area contributed by atoms with E-state index in [-0.39, 0.29) is 5.75 Å². The van der Waals surface area contributed by atoms with Gasteiger partial charge < -0.3 is 21.5 Å². The predicted molar refractivity (Wildman–Crippen MR) is 68.1 cm³/mol. The molecule has 0 saturated carbocycles. The topological polar surface area (TPSA) is 104 Å². The average molecular weight is 267 g/mol. The van der Waals surface area contributed by atoms with Crippen LogP contribution in [0.25, 0.3) is 0 Å². The molecule has 0 aromatic rings. The minimum atomic E-state index is -0.948. The molecule has 0 aliphatic heterocycles. The van der Waals surface area contributed by atoms with E-state index in [2.05, 4.69) is 35.9 Å². The van der Waals surface area contributed by atoms with Gasteiger partial charge in [-0.05, 0) is 0 Å². The fourth-order valence-corrected chi connectivity index (χ4v) is 1.57. The van der Waals surface area contributed by atoms with Gasteiger partial charge in [-0.15, -0.1) is 0 Å². The van der Waals surface area contributed by atoms with Crippen LogP contribution < -0.4 is 16.4 Å². The van der Waals surface area contributed by atoms with Crippen LogP contribution >= 0.6 is 25.3 Å². The molecule has 2 atom stereocenters. The minimum absolute atomic E-state index is 0.209. The van der Waals surface area contributed by atoms with Crippen molar-refractivity contribution >= 4 is 37.1 Å². The molecular weight excluding hydrogens is 250 g/mol. The highest BCUT2D eigenvalue weighted by Crippen LogP contribution is 1.88. The Kier molecular flexibility index (Phi) is 8.44. The highest BCUT2D eigenvalue weighted by Gasteiger charge is 2.15. The molecule has 16 heavy (non-hydrogen) atoms. The third-order valence-corrected chi connectivity index (χ3v) is 2.64. The first kappa shape index (κ1) is 15.6. The van der Waals surface area contributed by atoms with Crippen molar-refractivity contribution in [2.24, 2.45) is 5.73 Å². The highest BCUT2D eigenvalue weighted by atomic mass is 32.1. The van der Waals surface area contributed by atoms with Crippen LogP contribution in [0.5, 0.6) is 0 Å². The summed E-state index contributed by atoms with van der Waals surface area (Å²) in [7, 11) is 0. The molecule has 1 unspecified atom stereocenters. The Balaban J connectivity index is 3.73. The van der Waals surface area contributed by atoms with Crippen molar-refractivity contribution in [2.75, 3.05) is 24.6 Å². The molecule has 0 spiro atoms. The fourth-order valence-electron chi connectivity index (χ4n) is 0.978. The molecule has 0 heterocycles. The number of nitrogens with two attached hydrogens (primary N) is 1. The maximum atomic E-state index is 10.8.